The first-order valence-electron chi connectivity index (χ1n) is 5.87. The first kappa shape index (κ1) is 13.0. The zero-order chi connectivity index (χ0) is 13.8. The van der Waals surface area contributed by atoms with Gasteiger partial charge in [-0.15, -0.1) is 0 Å². The van der Waals surface area contributed by atoms with Crippen molar-refractivity contribution in [1.82, 2.24) is 20.4 Å². The number of nitrogens with zero attached hydrogens (tertiary/aromatic N) is 3. The van der Waals surface area contributed by atoms with Gasteiger partial charge in [0.25, 0.3) is 5.91 Å². The molecule has 0 unspecified atom stereocenters. The summed E-state index contributed by atoms with van der Waals surface area (Å²) in [6.07, 6.45) is 2.02. The first-order valence-corrected chi connectivity index (χ1v) is 5.87. The highest BCUT2D eigenvalue weighted by Crippen LogP contribution is 2.17. The van der Waals surface area contributed by atoms with Crippen LogP contribution in [-0.4, -0.2) is 26.1 Å². The Morgan fingerprint density at radius 1 is 1.58 bits per heavy atom. The molecular weight excluding hydrogens is 248 g/mol. The van der Waals surface area contributed by atoms with Gasteiger partial charge in [0.05, 0.1) is 0 Å². The molecule has 100 valence electrons. The van der Waals surface area contributed by atoms with Crippen LogP contribution in [0.3, 0.4) is 0 Å². The second-order valence-corrected chi connectivity index (χ2v) is 3.99. The van der Waals surface area contributed by atoms with Crippen LogP contribution >= 0.6 is 0 Å². The van der Waals surface area contributed by atoms with E-state index in [2.05, 4.69) is 20.4 Å². The molecule has 0 aromatic carbocycles. The standard InChI is InChI=1S/C12H14N4O3/c1-3-8(12-14-7(2)16-19-12)15-11(18)10-9(17)5-4-6-13-10/h4-6,8,17H,3H2,1-2H3,(H,15,18)/t8-/m1/s1. The van der Waals surface area contributed by atoms with E-state index in [0.29, 0.717) is 18.1 Å². The molecule has 19 heavy (non-hydrogen) atoms. The third-order valence-electron chi connectivity index (χ3n) is 2.56. The fourth-order valence-corrected chi connectivity index (χ4v) is 1.59. The van der Waals surface area contributed by atoms with Crippen molar-refractivity contribution >= 4 is 5.91 Å². The minimum absolute atomic E-state index is 0.0304. The lowest BCUT2D eigenvalue weighted by atomic mass is 10.2. The van der Waals surface area contributed by atoms with Gasteiger partial charge in [-0.1, -0.05) is 12.1 Å². The van der Waals surface area contributed by atoms with E-state index in [0.717, 1.165) is 0 Å². The Morgan fingerprint density at radius 3 is 2.95 bits per heavy atom. The lowest BCUT2D eigenvalue weighted by molar-refractivity contribution is 0.0919. The lowest BCUT2D eigenvalue weighted by Gasteiger charge is -2.12. The van der Waals surface area contributed by atoms with Crippen molar-refractivity contribution < 1.29 is 14.4 Å². The third-order valence-corrected chi connectivity index (χ3v) is 2.56. The van der Waals surface area contributed by atoms with Gasteiger partial charge >= 0.3 is 0 Å². The molecule has 0 aliphatic rings. The Hall–Kier alpha value is -2.44. The van der Waals surface area contributed by atoms with Crippen LogP contribution in [-0.2, 0) is 0 Å². The number of aryl methyl sites for hydroxylation is 1. The molecule has 0 bridgehead atoms. The van der Waals surface area contributed by atoms with Crippen molar-refractivity contribution in [2.45, 2.75) is 26.3 Å². The quantitative estimate of drug-likeness (QED) is 0.862. The molecule has 0 aliphatic heterocycles. The molecule has 0 spiro atoms. The van der Waals surface area contributed by atoms with Crippen LogP contribution in [0.25, 0.3) is 0 Å². The van der Waals surface area contributed by atoms with Crippen LogP contribution < -0.4 is 5.32 Å². The molecule has 1 amide bonds. The fourth-order valence-electron chi connectivity index (χ4n) is 1.59. The van der Waals surface area contributed by atoms with E-state index in [1.54, 1.807) is 13.0 Å². The lowest BCUT2D eigenvalue weighted by Crippen LogP contribution is -2.29. The normalized spacial score (nSPS) is 12.1. The highest BCUT2D eigenvalue weighted by Gasteiger charge is 2.21. The molecule has 2 N–H and O–H groups in total. The summed E-state index contributed by atoms with van der Waals surface area (Å²) < 4.78 is 5.03. The average Bonchev–Trinajstić information content (AvgIpc) is 2.82. The predicted octanol–water partition coefficient (Wildman–Crippen LogP) is 1.36. The number of hydrogen-bond acceptors (Lipinski definition) is 6. The summed E-state index contributed by atoms with van der Waals surface area (Å²) in [5.74, 6) is 0.185. The topological polar surface area (TPSA) is 101 Å². The molecule has 0 radical (unpaired) electrons. The summed E-state index contributed by atoms with van der Waals surface area (Å²) in [6.45, 7) is 3.58. The van der Waals surface area contributed by atoms with Crippen LogP contribution in [0.15, 0.2) is 22.9 Å². The van der Waals surface area contributed by atoms with Crippen molar-refractivity contribution in [2.75, 3.05) is 0 Å². The maximum atomic E-state index is 12.0. The number of carbonyl (C=O) groups is 1. The molecule has 1 atom stereocenters. The summed E-state index contributed by atoms with van der Waals surface area (Å²) in [4.78, 5) is 19.9. The van der Waals surface area contributed by atoms with Gasteiger partial charge in [0.15, 0.2) is 11.5 Å². The molecule has 0 saturated carbocycles. The van der Waals surface area contributed by atoms with Crippen LogP contribution in [0.1, 0.15) is 41.6 Å². The first-order chi connectivity index (χ1) is 9.11. The van der Waals surface area contributed by atoms with E-state index < -0.39 is 11.9 Å². The number of pyridine rings is 1. The molecule has 2 aromatic rings. The second-order valence-electron chi connectivity index (χ2n) is 3.99. The van der Waals surface area contributed by atoms with Gasteiger partial charge in [0.2, 0.25) is 5.89 Å². The Balaban J connectivity index is 2.15. The number of amides is 1. The maximum absolute atomic E-state index is 12.0. The zero-order valence-corrected chi connectivity index (χ0v) is 10.6. The van der Waals surface area contributed by atoms with Crippen molar-refractivity contribution in [3.63, 3.8) is 0 Å². The van der Waals surface area contributed by atoms with E-state index in [-0.39, 0.29) is 11.4 Å². The highest BCUT2D eigenvalue weighted by molar-refractivity contribution is 5.94. The Kier molecular flexibility index (Phi) is 3.74. The number of aromatic hydroxyl groups is 1. The van der Waals surface area contributed by atoms with E-state index in [4.69, 9.17) is 4.52 Å². The van der Waals surface area contributed by atoms with Crippen LogP contribution in [0.2, 0.25) is 0 Å². The molecule has 0 saturated heterocycles. The molecular formula is C12H14N4O3. The summed E-state index contributed by atoms with van der Waals surface area (Å²) in [5, 5.41) is 15.9. The van der Waals surface area contributed by atoms with Gasteiger partial charge in [0, 0.05) is 6.20 Å². The molecule has 7 heteroatoms. The molecule has 2 heterocycles. The Bertz CT molecular complexity index is 582. The van der Waals surface area contributed by atoms with Gasteiger partial charge in [-0.05, 0) is 25.5 Å². The van der Waals surface area contributed by atoms with Crippen molar-refractivity contribution in [2.24, 2.45) is 0 Å². The smallest absolute Gasteiger partial charge is 0.274 e. The van der Waals surface area contributed by atoms with E-state index in [1.807, 2.05) is 6.92 Å². The highest BCUT2D eigenvalue weighted by atomic mass is 16.5. The van der Waals surface area contributed by atoms with Crippen LogP contribution in [0.4, 0.5) is 0 Å². The molecule has 0 fully saturated rings. The summed E-state index contributed by atoms with van der Waals surface area (Å²) >= 11 is 0. The zero-order valence-electron chi connectivity index (χ0n) is 10.6. The number of aromatic nitrogens is 3. The number of hydrogen-bond donors (Lipinski definition) is 2. The Morgan fingerprint density at radius 2 is 2.37 bits per heavy atom. The summed E-state index contributed by atoms with van der Waals surface area (Å²) in [6, 6.07) is 2.54. The van der Waals surface area contributed by atoms with Crippen LogP contribution in [0.5, 0.6) is 5.75 Å². The predicted molar refractivity (Wildman–Crippen MR) is 65.4 cm³/mol. The van der Waals surface area contributed by atoms with E-state index in [9.17, 15) is 9.90 Å². The fraction of sp³-hybridized carbons (Fsp3) is 0.333. The minimum Gasteiger partial charge on any atom is -0.505 e. The van der Waals surface area contributed by atoms with Gasteiger partial charge in [-0.2, -0.15) is 4.98 Å². The molecule has 2 rings (SSSR count). The summed E-state index contributed by atoms with van der Waals surface area (Å²) in [5.41, 5.74) is -0.0304. The number of carbonyl (C=O) groups excluding carboxylic acids is 1. The van der Waals surface area contributed by atoms with Crippen molar-refractivity contribution in [3.05, 3.63) is 35.7 Å². The SMILES string of the molecule is CC[C@@H](NC(=O)c1ncccc1O)c1nc(C)no1. The van der Waals surface area contributed by atoms with Crippen molar-refractivity contribution in [3.8, 4) is 5.75 Å². The Labute approximate surface area is 109 Å². The van der Waals surface area contributed by atoms with Gasteiger partial charge < -0.3 is 14.9 Å². The molecule has 2 aromatic heterocycles. The largest absolute Gasteiger partial charge is 0.505 e. The summed E-state index contributed by atoms with van der Waals surface area (Å²) in [7, 11) is 0. The minimum atomic E-state index is -0.485. The monoisotopic (exact) mass is 262 g/mol. The van der Waals surface area contributed by atoms with Gasteiger partial charge in [-0.25, -0.2) is 4.98 Å². The van der Waals surface area contributed by atoms with Gasteiger partial charge in [0.1, 0.15) is 11.8 Å². The van der Waals surface area contributed by atoms with E-state index in [1.165, 1.54) is 12.3 Å². The third kappa shape index (κ3) is 2.87. The molecule has 0 aliphatic carbocycles. The van der Waals surface area contributed by atoms with Crippen molar-refractivity contribution in [1.29, 1.82) is 0 Å². The maximum Gasteiger partial charge on any atom is 0.274 e. The number of nitrogens with one attached hydrogen (secondary N) is 1. The average molecular weight is 262 g/mol. The molecule has 7 nitrogen and oxygen atoms in total. The van der Waals surface area contributed by atoms with E-state index >= 15 is 0 Å². The number of rotatable bonds is 4. The second kappa shape index (κ2) is 5.47. The van der Waals surface area contributed by atoms with Crippen LogP contribution in [0, 0.1) is 6.92 Å². The van der Waals surface area contributed by atoms with Gasteiger partial charge in [-0.3, -0.25) is 4.79 Å².